The summed E-state index contributed by atoms with van der Waals surface area (Å²) in [5, 5.41) is 13.9. The van der Waals surface area contributed by atoms with Crippen molar-refractivity contribution in [3.8, 4) is 6.07 Å². The van der Waals surface area contributed by atoms with Gasteiger partial charge >= 0.3 is 0 Å². The van der Waals surface area contributed by atoms with Crippen LogP contribution < -0.4 is 0 Å². The predicted octanol–water partition coefficient (Wildman–Crippen LogP) is 1.93. The molecule has 3 rings (SSSR count). The third-order valence-electron chi connectivity index (χ3n) is 5.37. The lowest BCUT2D eigenvalue weighted by Crippen LogP contribution is -2.45. The van der Waals surface area contributed by atoms with Crippen LogP contribution in [-0.2, 0) is 18.4 Å². The van der Waals surface area contributed by atoms with Crippen LogP contribution in [-0.4, -0.2) is 51.7 Å². The summed E-state index contributed by atoms with van der Waals surface area (Å²) >= 11 is 0. The summed E-state index contributed by atoms with van der Waals surface area (Å²) in [4.78, 5) is 17.3. The minimum absolute atomic E-state index is 0.0768. The highest BCUT2D eigenvalue weighted by Gasteiger charge is 2.42. The molecule has 1 aliphatic heterocycles. The summed E-state index contributed by atoms with van der Waals surface area (Å²) in [5.74, 6) is 0.0768. The van der Waals surface area contributed by atoms with Crippen molar-refractivity contribution in [1.29, 1.82) is 5.26 Å². The molecule has 1 saturated heterocycles. The molecule has 1 aromatic heterocycles. The van der Waals surface area contributed by atoms with E-state index in [9.17, 15) is 10.1 Å². The van der Waals surface area contributed by atoms with E-state index in [-0.39, 0.29) is 5.91 Å². The Morgan fingerprint density at radius 3 is 2.67 bits per heavy atom. The van der Waals surface area contributed by atoms with Gasteiger partial charge in [-0.15, -0.1) is 0 Å². The van der Waals surface area contributed by atoms with Gasteiger partial charge in [0.2, 0.25) is 5.91 Å². The van der Waals surface area contributed by atoms with Gasteiger partial charge in [-0.25, -0.2) is 0 Å². The molecule has 2 fully saturated rings. The van der Waals surface area contributed by atoms with Crippen LogP contribution in [0, 0.1) is 16.7 Å². The molecule has 2 aliphatic rings. The Hall–Kier alpha value is -1.87. The summed E-state index contributed by atoms with van der Waals surface area (Å²) < 4.78 is 1.82. The summed E-state index contributed by atoms with van der Waals surface area (Å²) in [6, 6.07) is 2.37. The van der Waals surface area contributed by atoms with Gasteiger partial charge in [0.05, 0.1) is 12.3 Å². The molecule has 0 bridgehead atoms. The first-order chi connectivity index (χ1) is 11.6. The molecule has 1 aromatic rings. The summed E-state index contributed by atoms with van der Waals surface area (Å²) in [6.07, 6.45) is 9.53. The van der Waals surface area contributed by atoms with Gasteiger partial charge in [-0.2, -0.15) is 10.4 Å². The van der Waals surface area contributed by atoms with Crippen molar-refractivity contribution >= 4 is 5.91 Å². The number of carbonyl (C=O) groups excluding carboxylic acids is 1. The molecule has 0 aromatic carbocycles. The molecule has 1 aliphatic carbocycles. The maximum atomic E-state index is 13.0. The zero-order chi connectivity index (χ0) is 17.0. The normalized spacial score (nSPS) is 21.9. The van der Waals surface area contributed by atoms with Crippen LogP contribution in [0.5, 0.6) is 0 Å². The molecule has 6 heteroatoms. The Morgan fingerprint density at radius 1 is 1.21 bits per heavy atom. The highest BCUT2D eigenvalue weighted by Crippen LogP contribution is 2.37. The van der Waals surface area contributed by atoms with E-state index in [0.717, 1.165) is 71.2 Å². The van der Waals surface area contributed by atoms with E-state index in [1.807, 2.05) is 29.0 Å². The topological polar surface area (TPSA) is 65.2 Å². The van der Waals surface area contributed by atoms with Crippen LogP contribution in [0.4, 0.5) is 0 Å². The first kappa shape index (κ1) is 17.0. The molecular formula is C18H27N5O. The monoisotopic (exact) mass is 329 g/mol. The second-order valence-corrected chi connectivity index (χ2v) is 7.20. The fraction of sp³-hybridized carbons (Fsp3) is 0.722. The lowest BCUT2D eigenvalue weighted by atomic mass is 9.74. The van der Waals surface area contributed by atoms with E-state index >= 15 is 0 Å². The van der Waals surface area contributed by atoms with Crippen LogP contribution in [0.1, 0.15) is 44.1 Å². The van der Waals surface area contributed by atoms with Crippen LogP contribution in [0.3, 0.4) is 0 Å². The zero-order valence-corrected chi connectivity index (χ0v) is 14.6. The SMILES string of the molecule is Cn1cc(CN2CCCN(C(=O)C3(C#N)CCCCC3)CC2)cn1. The molecule has 130 valence electrons. The second-order valence-electron chi connectivity index (χ2n) is 7.20. The largest absolute Gasteiger partial charge is 0.340 e. The van der Waals surface area contributed by atoms with Crippen LogP contribution in [0.2, 0.25) is 0 Å². The van der Waals surface area contributed by atoms with Crippen LogP contribution >= 0.6 is 0 Å². The van der Waals surface area contributed by atoms with Gasteiger partial charge < -0.3 is 4.90 Å². The van der Waals surface area contributed by atoms with Crippen molar-refractivity contribution in [2.45, 2.75) is 45.1 Å². The van der Waals surface area contributed by atoms with Crippen molar-refractivity contribution in [3.05, 3.63) is 18.0 Å². The van der Waals surface area contributed by atoms with E-state index in [1.54, 1.807) is 0 Å². The van der Waals surface area contributed by atoms with E-state index in [0.29, 0.717) is 0 Å². The molecule has 0 unspecified atom stereocenters. The number of rotatable bonds is 3. The van der Waals surface area contributed by atoms with Crippen LogP contribution in [0.25, 0.3) is 0 Å². The van der Waals surface area contributed by atoms with Gasteiger partial charge in [-0.1, -0.05) is 19.3 Å². The number of amides is 1. The fourth-order valence-electron chi connectivity index (χ4n) is 3.98. The molecule has 0 atom stereocenters. The van der Waals surface area contributed by atoms with Crippen molar-refractivity contribution in [2.75, 3.05) is 26.2 Å². The number of nitrogens with zero attached hydrogens (tertiary/aromatic N) is 5. The van der Waals surface area contributed by atoms with Gasteiger partial charge in [0.15, 0.2) is 0 Å². The van der Waals surface area contributed by atoms with Crippen LogP contribution in [0.15, 0.2) is 12.4 Å². The number of hydrogen-bond acceptors (Lipinski definition) is 4. The summed E-state index contributed by atoms with van der Waals surface area (Å²) in [6.45, 7) is 4.22. The lowest BCUT2D eigenvalue weighted by Gasteiger charge is -2.34. The van der Waals surface area contributed by atoms with E-state index in [1.165, 1.54) is 5.56 Å². The first-order valence-corrected chi connectivity index (χ1v) is 9.03. The smallest absolute Gasteiger partial charge is 0.243 e. The number of nitriles is 1. The fourth-order valence-corrected chi connectivity index (χ4v) is 3.98. The van der Waals surface area contributed by atoms with Gasteiger partial charge in [0.25, 0.3) is 0 Å². The van der Waals surface area contributed by atoms with Crippen molar-refractivity contribution in [2.24, 2.45) is 12.5 Å². The predicted molar refractivity (Wildman–Crippen MR) is 90.8 cm³/mol. The minimum atomic E-state index is -0.753. The molecule has 6 nitrogen and oxygen atoms in total. The van der Waals surface area contributed by atoms with E-state index in [2.05, 4.69) is 16.1 Å². The van der Waals surface area contributed by atoms with E-state index < -0.39 is 5.41 Å². The molecule has 0 spiro atoms. The Kier molecular flexibility index (Phi) is 5.20. The van der Waals surface area contributed by atoms with Gasteiger partial charge in [0, 0.05) is 51.5 Å². The second kappa shape index (κ2) is 7.35. The third-order valence-corrected chi connectivity index (χ3v) is 5.37. The minimum Gasteiger partial charge on any atom is -0.340 e. The maximum Gasteiger partial charge on any atom is 0.243 e. The number of aromatic nitrogens is 2. The van der Waals surface area contributed by atoms with Gasteiger partial charge in [-0.05, 0) is 19.3 Å². The van der Waals surface area contributed by atoms with Crippen molar-refractivity contribution < 1.29 is 4.79 Å². The third kappa shape index (κ3) is 3.62. The number of carbonyl (C=O) groups is 1. The summed E-state index contributed by atoms with van der Waals surface area (Å²) in [7, 11) is 1.93. The molecule has 0 radical (unpaired) electrons. The standard InChI is InChI=1S/C18H27N5O/c1-21-13-16(12-20-21)14-22-8-5-9-23(11-10-22)17(24)18(15-19)6-3-2-4-7-18/h12-13H,2-11,14H2,1H3. The molecular weight excluding hydrogens is 302 g/mol. The molecule has 1 saturated carbocycles. The molecule has 0 N–H and O–H groups in total. The van der Waals surface area contributed by atoms with Crippen molar-refractivity contribution in [1.82, 2.24) is 19.6 Å². The molecule has 2 heterocycles. The number of hydrogen-bond donors (Lipinski definition) is 0. The zero-order valence-electron chi connectivity index (χ0n) is 14.6. The lowest BCUT2D eigenvalue weighted by molar-refractivity contribution is -0.140. The van der Waals surface area contributed by atoms with Gasteiger partial charge in [-0.3, -0.25) is 14.4 Å². The Labute approximate surface area is 144 Å². The quantitative estimate of drug-likeness (QED) is 0.850. The van der Waals surface area contributed by atoms with Gasteiger partial charge in [0.1, 0.15) is 5.41 Å². The average molecular weight is 329 g/mol. The Balaban J connectivity index is 1.60. The Bertz CT molecular complexity index is 611. The summed E-state index contributed by atoms with van der Waals surface area (Å²) in [5.41, 5.74) is 0.453. The van der Waals surface area contributed by atoms with Crippen molar-refractivity contribution in [3.63, 3.8) is 0 Å². The highest BCUT2D eigenvalue weighted by molar-refractivity contribution is 5.85. The average Bonchev–Trinajstić information content (AvgIpc) is 2.88. The molecule has 24 heavy (non-hydrogen) atoms. The maximum absolute atomic E-state index is 13.0. The first-order valence-electron chi connectivity index (χ1n) is 9.03. The highest BCUT2D eigenvalue weighted by atomic mass is 16.2. The van der Waals surface area contributed by atoms with E-state index in [4.69, 9.17) is 0 Å². The molecule has 1 amide bonds. The number of aryl methyl sites for hydroxylation is 1. The Morgan fingerprint density at radius 2 is 2.00 bits per heavy atom.